The molecule has 0 unspecified atom stereocenters. The number of ether oxygens (including phenoxy) is 2. The van der Waals surface area contributed by atoms with E-state index in [2.05, 4.69) is 6.07 Å². The Labute approximate surface area is 143 Å². The van der Waals surface area contributed by atoms with Gasteiger partial charge in [0.1, 0.15) is 0 Å². The summed E-state index contributed by atoms with van der Waals surface area (Å²) in [6, 6.07) is 8.32. The first-order chi connectivity index (χ1) is 11.7. The zero-order chi connectivity index (χ0) is 17.2. The highest BCUT2D eigenvalue weighted by molar-refractivity contribution is 5.76. The van der Waals surface area contributed by atoms with Gasteiger partial charge in [0.05, 0.1) is 24.2 Å². The van der Waals surface area contributed by atoms with Gasteiger partial charge >= 0.3 is 5.69 Å². The molecule has 1 saturated heterocycles. The maximum Gasteiger partial charge on any atom is 0.329 e. The molecule has 0 N–H and O–H groups in total. The van der Waals surface area contributed by atoms with Crippen molar-refractivity contribution in [3.63, 3.8) is 0 Å². The molecule has 5 heteroatoms. The van der Waals surface area contributed by atoms with Crippen LogP contribution in [0.4, 0.5) is 0 Å². The quantitative estimate of drug-likeness (QED) is 0.842. The van der Waals surface area contributed by atoms with Gasteiger partial charge in [-0.1, -0.05) is 26.0 Å². The number of imidazole rings is 1. The molecule has 2 fully saturated rings. The van der Waals surface area contributed by atoms with Gasteiger partial charge in [-0.15, -0.1) is 0 Å². The first kappa shape index (κ1) is 17.2. The van der Waals surface area contributed by atoms with Crippen LogP contribution in [0.1, 0.15) is 52.5 Å². The first-order valence-corrected chi connectivity index (χ1v) is 9.22. The molecule has 5 nitrogen and oxygen atoms in total. The minimum absolute atomic E-state index is 0.109. The van der Waals surface area contributed by atoms with Gasteiger partial charge in [0, 0.05) is 25.4 Å². The van der Waals surface area contributed by atoms with Crippen LogP contribution in [0.2, 0.25) is 0 Å². The number of hydrogen-bond acceptors (Lipinski definition) is 3. The second-order valence-electron chi connectivity index (χ2n) is 6.22. The van der Waals surface area contributed by atoms with Crippen molar-refractivity contribution < 1.29 is 9.47 Å². The maximum atomic E-state index is 12.8. The highest BCUT2D eigenvalue weighted by atomic mass is 16.7. The second kappa shape index (κ2) is 7.11. The summed E-state index contributed by atoms with van der Waals surface area (Å²) < 4.78 is 15.4. The molecule has 4 rings (SSSR count). The molecule has 24 heavy (non-hydrogen) atoms. The zero-order valence-electron chi connectivity index (χ0n) is 15.0. The number of hydrogen-bond donors (Lipinski definition) is 0. The molecule has 1 saturated carbocycles. The molecule has 1 spiro atoms. The van der Waals surface area contributed by atoms with Gasteiger partial charge in [-0.3, -0.25) is 9.13 Å². The van der Waals surface area contributed by atoms with E-state index in [1.165, 1.54) is 0 Å². The predicted molar refractivity (Wildman–Crippen MR) is 95.4 cm³/mol. The molecule has 0 bridgehead atoms. The molecule has 1 aromatic carbocycles. The summed E-state index contributed by atoms with van der Waals surface area (Å²) in [6.45, 7) is 8.11. The number of aromatic nitrogens is 2. The van der Waals surface area contributed by atoms with Crippen LogP contribution in [-0.4, -0.2) is 28.1 Å². The van der Waals surface area contributed by atoms with Crippen LogP contribution in [0.15, 0.2) is 29.1 Å². The lowest BCUT2D eigenvalue weighted by atomic mass is 9.90. The topological polar surface area (TPSA) is 45.4 Å². The summed E-state index contributed by atoms with van der Waals surface area (Å²) in [7, 11) is 0. The van der Waals surface area contributed by atoms with E-state index in [1.807, 2.05) is 48.1 Å². The summed E-state index contributed by atoms with van der Waals surface area (Å²) in [4.78, 5) is 12.8. The Morgan fingerprint density at radius 1 is 1.08 bits per heavy atom. The predicted octanol–water partition coefficient (Wildman–Crippen LogP) is 3.71. The van der Waals surface area contributed by atoms with Crippen molar-refractivity contribution in [2.24, 2.45) is 0 Å². The monoisotopic (exact) mass is 332 g/mol. The van der Waals surface area contributed by atoms with E-state index < -0.39 is 0 Å². The standard InChI is InChI=1S/C17H22N2O3.C2H6/c1-2-18-14-5-3-4-6-15(14)19(16(18)20)13-7-9-17(10-8-13)21-11-12-22-17;1-2/h3-6,13H,2,7-12H2,1H3;1-2H3. The van der Waals surface area contributed by atoms with Gasteiger partial charge in [0.25, 0.3) is 0 Å². The van der Waals surface area contributed by atoms with Gasteiger partial charge in [-0.05, 0) is 31.9 Å². The molecule has 0 radical (unpaired) electrons. The van der Waals surface area contributed by atoms with Crippen molar-refractivity contribution in [3.8, 4) is 0 Å². The summed E-state index contributed by atoms with van der Waals surface area (Å²) >= 11 is 0. The van der Waals surface area contributed by atoms with E-state index in [0.29, 0.717) is 19.8 Å². The average Bonchev–Trinajstić information content (AvgIpc) is 3.20. The van der Waals surface area contributed by atoms with E-state index in [0.717, 1.165) is 36.7 Å². The van der Waals surface area contributed by atoms with Crippen molar-refractivity contribution in [2.75, 3.05) is 13.2 Å². The minimum atomic E-state index is -0.372. The SMILES string of the molecule is CC.CCn1c(=O)n(C2CCC3(CC2)OCCO3)c2ccccc21. The number of nitrogens with zero attached hydrogens (tertiary/aromatic N) is 2. The normalized spacial score (nSPS) is 20.3. The lowest BCUT2D eigenvalue weighted by molar-refractivity contribution is -0.181. The molecule has 0 atom stereocenters. The third kappa shape index (κ3) is 2.80. The fourth-order valence-electron chi connectivity index (χ4n) is 3.98. The van der Waals surface area contributed by atoms with E-state index in [9.17, 15) is 4.79 Å². The van der Waals surface area contributed by atoms with E-state index in [4.69, 9.17) is 9.47 Å². The molecular weight excluding hydrogens is 304 g/mol. The van der Waals surface area contributed by atoms with E-state index in [1.54, 1.807) is 0 Å². The van der Waals surface area contributed by atoms with Gasteiger partial charge in [0.15, 0.2) is 5.79 Å². The highest BCUT2D eigenvalue weighted by Crippen LogP contribution is 2.40. The van der Waals surface area contributed by atoms with Crippen molar-refractivity contribution >= 4 is 11.0 Å². The van der Waals surface area contributed by atoms with E-state index >= 15 is 0 Å². The molecular formula is C19H28N2O3. The van der Waals surface area contributed by atoms with Crippen LogP contribution >= 0.6 is 0 Å². The van der Waals surface area contributed by atoms with Crippen LogP contribution in [0.25, 0.3) is 11.0 Å². The van der Waals surface area contributed by atoms with Gasteiger partial charge < -0.3 is 9.47 Å². The summed E-state index contributed by atoms with van der Waals surface area (Å²) in [6.07, 6.45) is 3.60. The van der Waals surface area contributed by atoms with Crippen molar-refractivity contribution in [1.29, 1.82) is 0 Å². The zero-order valence-corrected chi connectivity index (χ0v) is 15.0. The fraction of sp³-hybridized carbons (Fsp3) is 0.632. The molecule has 1 aromatic heterocycles. The molecule has 2 aliphatic rings. The third-order valence-corrected chi connectivity index (χ3v) is 5.08. The first-order valence-electron chi connectivity index (χ1n) is 9.22. The Morgan fingerprint density at radius 3 is 2.25 bits per heavy atom. The third-order valence-electron chi connectivity index (χ3n) is 5.08. The van der Waals surface area contributed by atoms with Gasteiger partial charge in [0.2, 0.25) is 0 Å². The van der Waals surface area contributed by atoms with Crippen LogP contribution in [-0.2, 0) is 16.0 Å². The Morgan fingerprint density at radius 2 is 1.67 bits per heavy atom. The Hall–Kier alpha value is -1.59. The smallest absolute Gasteiger partial charge is 0.329 e. The summed E-state index contributed by atoms with van der Waals surface area (Å²) in [5, 5.41) is 0. The number of para-hydroxylation sites is 2. The molecule has 1 aliphatic heterocycles. The maximum absolute atomic E-state index is 12.8. The Balaban J connectivity index is 0.000000815. The second-order valence-corrected chi connectivity index (χ2v) is 6.22. The number of rotatable bonds is 2. The minimum Gasteiger partial charge on any atom is -0.348 e. The van der Waals surface area contributed by atoms with Crippen molar-refractivity contribution in [3.05, 3.63) is 34.7 Å². The lowest BCUT2D eigenvalue weighted by Gasteiger charge is -2.35. The number of benzene rings is 1. The van der Waals surface area contributed by atoms with E-state index in [-0.39, 0.29) is 17.5 Å². The highest BCUT2D eigenvalue weighted by Gasteiger charge is 2.41. The number of fused-ring (bicyclic) bond motifs is 1. The van der Waals surface area contributed by atoms with Crippen molar-refractivity contribution in [1.82, 2.24) is 9.13 Å². The van der Waals surface area contributed by atoms with Crippen LogP contribution < -0.4 is 5.69 Å². The van der Waals surface area contributed by atoms with Crippen molar-refractivity contribution in [2.45, 2.75) is 64.8 Å². The largest absolute Gasteiger partial charge is 0.348 e. The molecule has 0 amide bonds. The Bertz CT molecular complexity index is 731. The van der Waals surface area contributed by atoms with Crippen LogP contribution in [0.3, 0.4) is 0 Å². The number of aryl methyl sites for hydroxylation is 1. The molecule has 2 heterocycles. The summed E-state index contributed by atoms with van der Waals surface area (Å²) in [5.74, 6) is -0.372. The average molecular weight is 332 g/mol. The Kier molecular flexibility index (Phi) is 5.11. The summed E-state index contributed by atoms with van der Waals surface area (Å²) in [5.41, 5.74) is 2.19. The molecule has 1 aliphatic carbocycles. The molecule has 2 aromatic rings. The van der Waals surface area contributed by atoms with Crippen LogP contribution in [0, 0.1) is 0 Å². The van der Waals surface area contributed by atoms with Gasteiger partial charge in [-0.25, -0.2) is 4.79 Å². The molecule has 132 valence electrons. The van der Waals surface area contributed by atoms with Crippen LogP contribution in [0.5, 0.6) is 0 Å². The lowest BCUT2D eigenvalue weighted by Crippen LogP contribution is -2.38. The van der Waals surface area contributed by atoms with Gasteiger partial charge in [-0.2, -0.15) is 0 Å². The fourth-order valence-corrected chi connectivity index (χ4v) is 3.98.